The monoisotopic (exact) mass is 385 g/mol. The minimum absolute atomic E-state index is 0.0307. The van der Waals surface area contributed by atoms with Gasteiger partial charge in [0, 0.05) is 35.2 Å². The van der Waals surface area contributed by atoms with Crippen molar-refractivity contribution in [2.75, 3.05) is 26.7 Å². The van der Waals surface area contributed by atoms with E-state index in [1.54, 1.807) is 13.3 Å². The number of thiol groups is 2. The first kappa shape index (κ1) is 22.3. The number of hydrogen-bond donors (Lipinski definition) is 4. The molecule has 1 aromatic rings. The molecule has 0 fully saturated rings. The Morgan fingerprint density at radius 3 is 2.52 bits per heavy atom. The summed E-state index contributed by atoms with van der Waals surface area (Å²) in [5.41, 5.74) is 1.00. The van der Waals surface area contributed by atoms with Crippen molar-refractivity contribution >= 4 is 31.5 Å². The Bertz CT molecular complexity index is 539. The minimum atomic E-state index is -0.0568. The molecule has 0 saturated heterocycles. The van der Waals surface area contributed by atoms with E-state index in [0.29, 0.717) is 0 Å². The summed E-state index contributed by atoms with van der Waals surface area (Å²) < 4.78 is 2.07. The zero-order valence-corrected chi connectivity index (χ0v) is 17.8. The maximum Gasteiger partial charge on any atom is 0.177 e. The van der Waals surface area contributed by atoms with Gasteiger partial charge in [0.25, 0.3) is 0 Å². The van der Waals surface area contributed by atoms with Crippen molar-refractivity contribution in [1.82, 2.24) is 10.6 Å². The Kier molecular flexibility index (Phi) is 9.27. The van der Waals surface area contributed by atoms with Crippen LogP contribution in [0.3, 0.4) is 0 Å². The number of hydrogen-bond acceptors (Lipinski definition) is 6. The van der Waals surface area contributed by atoms with Crippen molar-refractivity contribution in [2.24, 2.45) is 5.16 Å². The number of rotatable bonds is 11. The molecule has 2 N–H and O–H groups in total. The lowest BCUT2D eigenvalue weighted by Gasteiger charge is -2.25. The Morgan fingerprint density at radius 2 is 1.92 bits per heavy atom. The van der Waals surface area contributed by atoms with E-state index in [0.717, 1.165) is 31.7 Å². The largest absolute Gasteiger partial charge is 0.399 e. The molecule has 5 nitrogen and oxygen atoms in total. The summed E-state index contributed by atoms with van der Waals surface area (Å²) in [6.07, 6.45) is 5.83. The third kappa shape index (κ3) is 11.5. The smallest absolute Gasteiger partial charge is 0.177 e. The molecule has 0 amide bonds. The van der Waals surface area contributed by atoms with Gasteiger partial charge in [0.05, 0.1) is 17.8 Å². The zero-order chi connectivity index (χ0) is 18.9. The third-order valence-electron chi connectivity index (χ3n) is 3.39. The molecule has 1 heterocycles. The Balaban J connectivity index is 2.72. The predicted octanol–water partition coefficient (Wildman–Crippen LogP) is 1.92. The van der Waals surface area contributed by atoms with Crippen molar-refractivity contribution in [3.8, 4) is 0 Å². The zero-order valence-electron chi connectivity index (χ0n) is 16.0. The average Bonchev–Trinajstić information content (AvgIpc) is 2.49. The molecule has 1 atom stereocenters. The Labute approximate surface area is 163 Å². The van der Waals surface area contributed by atoms with E-state index in [1.165, 1.54) is 0 Å². The second kappa shape index (κ2) is 10.4. The molecule has 1 aromatic heterocycles. The first-order valence-electron chi connectivity index (χ1n) is 8.53. The SMILES string of the molecule is CON=Cc1ccc[n+](CC(CNCC(C)(C)S)NCC(C)(C)S)c1. The van der Waals surface area contributed by atoms with Gasteiger partial charge in [-0.05, 0) is 33.8 Å². The van der Waals surface area contributed by atoms with Crippen LogP contribution in [0.4, 0.5) is 0 Å². The maximum absolute atomic E-state index is 4.75. The van der Waals surface area contributed by atoms with Crippen LogP contribution >= 0.6 is 25.3 Å². The van der Waals surface area contributed by atoms with Gasteiger partial charge >= 0.3 is 0 Å². The van der Waals surface area contributed by atoms with Gasteiger partial charge in [-0.2, -0.15) is 25.3 Å². The molecule has 7 heteroatoms. The lowest BCUT2D eigenvalue weighted by atomic mass is 10.1. The predicted molar refractivity (Wildman–Crippen MR) is 112 cm³/mol. The topological polar surface area (TPSA) is 49.5 Å². The van der Waals surface area contributed by atoms with E-state index >= 15 is 0 Å². The molecule has 1 rings (SSSR count). The van der Waals surface area contributed by atoms with Crippen molar-refractivity contribution in [3.63, 3.8) is 0 Å². The van der Waals surface area contributed by atoms with E-state index < -0.39 is 0 Å². The van der Waals surface area contributed by atoms with E-state index in [1.807, 2.05) is 12.1 Å². The number of pyridine rings is 1. The molecule has 142 valence electrons. The second-order valence-electron chi connectivity index (χ2n) is 7.58. The van der Waals surface area contributed by atoms with Gasteiger partial charge in [-0.1, -0.05) is 5.16 Å². The van der Waals surface area contributed by atoms with Gasteiger partial charge in [-0.3, -0.25) is 0 Å². The summed E-state index contributed by atoms with van der Waals surface area (Å²) in [6, 6.07) is 4.29. The number of nitrogens with one attached hydrogen (secondary N) is 2. The molecule has 0 saturated carbocycles. The molecule has 1 unspecified atom stereocenters. The molecule has 0 aliphatic rings. The fourth-order valence-electron chi connectivity index (χ4n) is 2.25. The van der Waals surface area contributed by atoms with Crippen LogP contribution in [0.15, 0.2) is 29.7 Å². The maximum atomic E-state index is 4.75. The molecule has 25 heavy (non-hydrogen) atoms. The highest BCUT2D eigenvalue weighted by molar-refractivity contribution is 7.82. The van der Waals surface area contributed by atoms with E-state index in [9.17, 15) is 0 Å². The first-order valence-corrected chi connectivity index (χ1v) is 9.43. The van der Waals surface area contributed by atoms with Crippen molar-refractivity contribution in [1.29, 1.82) is 0 Å². The molecule has 0 spiro atoms. The van der Waals surface area contributed by atoms with Crippen LogP contribution in [0.1, 0.15) is 33.3 Å². The van der Waals surface area contributed by atoms with Crippen LogP contribution in [-0.4, -0.2) is 48.5 Å². The summed E-state index contributed by atoms with van der Waals surface area (Å²) in [6.45, 7) is 11.8. The lowest BCUT2D eigenvalue weighted by Crippen LogP contribution is -2.53. The summed E-state index contributed by atoms with van der Waals surface area (Å²) in [5, 5.41) is 10.9. The summed E-state index contributed by atoms with van der Waals surface area (Å²) in [5.74, 6) is 0. The minimum Gasteiger partial charge on any atom is -0.399 e. The fourth-order valence-corrected chi connectivity index (χ4v) is 2.45. The third-order valence-corrected chi connectivity index (χ3v) is 3.71. The van der Waals surface area contributed by atoms with Crippen LogP contribution in [0, 0.1) is 0 Å². The van der Waals surface area contributed by atoms with Crippen molar-refractivity contribution in [3.05, 3.63) is 30.1 Å². The van der Waals surface area contributed by atoms with Crippen molar-refractivity contribution in [2.45, 2.75) is 49.8 Å². The molecule has 0 aliphatic carbocycles. The highest BCUT2D eigenvalue weighted by atomic mass is 32.1. The van der Waals surface area contributed by atoms with Crippen LogP contribution in [-0.2, 0) is 11.4 Å². The summed E-state index contributed by atoms with van der Waals surface area (Å²) >= 11 is 9.19. The molecule has 0 bridgehead atoms. The van der Waals surface area contributed by atoms with E-state index in [2.05, 4.69) is 85.7 Å². The van der Waals surface area contributed by atoms with Crippen LogP contribution in [0.2, 0.25) is 0 Å². The second-order valence-corrected chi connectivity index (χ2v) is 10.0. The lowest BCUT2D eigenvalue weighted by molar-refractivity contribution is -0.699. The number of nitrogens with zero attached hydrogens (tertiary/aromatic N) is 2. The highest BCUT2D eigenvalue weighted by Crippen LogP contribution is 2.10. The van der Waals surface area contributed by atoms with Gasteiger partial charge in [0.2, 0.25) is 0 Å². The number of oxime groups is 1. The molecule has 0 aromatic carbocycles. The molecular weight excluding hydrogens is 352 g/mol. The average molecular weight is 386 g/mol. The standard InChI is InChI=1S/C18H32N4OS2/c1-17(2,24)13-19-10-16(20-14-18(3,4)25)12-22-8-6-7-15(11-22)9-21-23-5/h6-9,11,16,19-20H,10,12-14H2,1-5H3,(H-,24,25)/p+1. The van der Waals surface area contributed by atoms with E-state index in [-0.39, 0.29) is 15.5 Å². The van der Waals surface area contributed by atoms with Crippen LogP contribution in [0.25, 0.3) is 0 Å². The summed E-state index contributed by atoms with van der Waals surface area (Å²) in [7, 11) is 1.54. The van der Waals surface area contributed by atoms with Crippen molar-refractivity contribution < 1.29 is 9.40 Å². The van der Waals surface area contributed by atoms with E-state index in [4.69, 9.17) is 4.84 Å². The number of aromatic nitrogens is 1. The van der Waals surface area contributed by atoms with Gasteiger partial charge in [-0.15, -0.1) is 0 Å². The summed E-state index contributed by atoms with van der Waals surface area (Å²) in [4.78, 5) is 4.75. The Morgan fingerprint density at radius 1 is 1.24 bits per heavy atom. The van der Waals surface area contributed by atoms with Gasteiger partial charge in [0.1, 0.15) is 7.11 Å². The first-order chi connectivity index (χ1) is 11.6. The van der Waals surface area contributed by atoms with Gasteiger partial charge in [0.15, 0.2) is 18.9 Å². The fraction of sp³-hybridized carbons (Fsp3) is 0.667. The quantitative estimate of drug-likeness (QED) is 0.204. The highest BCUT2D eigenvalue weighted by Gasteiger charge is 2.20. The van der Waals surface area contributed by atoms with Crippen LogP contribution in [0.5, 0.6) is 0 Å². The molecule has 0 aliphatic heterocycles. The van der Waals surface area contributed by atoms with Gasteiger partial charge in [-0.25, -0.2) is 4.57 Å². The molecule has 0 radical (unpaired) electrons. The van der Waals surface area contributed by atoms with Crippen LogP contribution < -0.4 is 15.2 Å². The van der Waals surface area contributed by atoms with Gasteiger partial charge < -0.3 is 15.5 Å². The molecular formula is C18H33N4OS2+. The normalized spacial score (nSPS) is 14.0. The Hall–Kier alpha value is -0.760.